The highest BCUT2D eigenvalue weighted by molar-refractivity contribution is 9.10. The Morgan fingerprint density at radius 3 is 2.59 bits per heavy atom. The molecule has 1 saturated heterocycles. The van der Waals surface area contributed by atoms with Gasteiger partial charge in [-0.3, -0.25) is 4.79 Å². The van der Waals surface area contributed by atoms with Crippen molar-refractivity contribution in [2.24, 2.45) is 11.3 Å². The summed E-state index contributed by atoms with van der Waals surface area (Å²) in [5, 5.41) is 6.51. The molecule has 1 aromatic carbocycles. The number of nitrogens with zero attached hydrogens (tertiary/aromatic N) is 4. The van der Waals surface area contributed by atoms with Crippen molar-refractivity contribution >= 4 is 45.1 Å². The van der Waals surface area contributed by atoms with Crippen LogP contribution in [0.5, 0.6) is 5.75 Å². The number of hydrogen-bond acceptors (Lipinski definition) is 7. The average Bonchev–Trinajstić information content (AvgIpc) is 3.74. The lowest BCUT2D eigenvalue weighted by molar-refractivity contribution is 0.102. The van der Waals surface area contributed by atoms with E-state index in [2.05, 4.69) is 53.6 Å². The van der Waals surface area contributed by atoms with E-state index in [9.17, 15) is 4.79 Å². The lowest BCUT2D eigenvalue weighted by Gasteiger charge is -2.37. The zero-order valence-corrected chi connectivity index (χ0v) is 24.5. The van der Waals surface area contributed by atoms with E-state index >= 15 is 0 Å². The van der Waals surface area contributed by atoms with E-state index in [1.165, 1.54) is 37.4 Å². The van der Waals surface area contributed by atoms with Crippen molar-refractivity contribution in [3.63, 3.8) is 0 Å². The van der Waals surface area contributed by atoms with Crippen LogP contribution in [0, 0.1) is 11.3 Å². The van der Waals surface area contributed by atoms with Crippen LogP contribution in [0.1, 0.15) is 54.4 Å². The van der Waals surface area contributed by atoms with Gasteiger partial charge in [0.2, 0.25) is 5.28 Å². The van der Waals surface area contributed by atoms with E-state index in [1.54, 1.807) is 25.3 Å². The third-order valence-electron chi connectivity index (χ3n) is 8.02. The standard InChI is InChI=1S/C29H34BrClN6O2/c1-39-22-5-3-20(4-6-22)19-32-15-2-12-29(13-14-29)21-10-17-37(18-11-21)26-23(7-8-24(30)34-26)27(38)35-25-9-16-33-28(31)36-25/h3-9,16,21,32H,2,10-15,17-19H2,1H3,(H,33,35,36,38). The van der Waals surface area contributed by atoms with Crippen molar-refractivity contribution in [2.45, 2.75) is 45.1 Å². The first-order chi connectivity index (χ1) is 19.0. The van der Waals surface area contributed by atoms with Crippen molar-refractivity contribution in [1.29, 1.82) is 0 Å². The summed E-state index contributed by atoms with van der Waals surface area (Å²) >= 11 is 9.36. The molecule has 2 N–H and O–H groups in total. The van der Waals surface area contributed by atoms with Crippen molar-refractivity contribution < 1.29 is 9.53 Å². The molecule has 0 spiro atoms. The number of ether oxygens (including phenoxy) is 1. The number of anilines is 2. The summed E-state index contributed by atoms with van der Waals surface area (Å²) in [6, 6.07) is 13.5. The van der Waals surface area contributed by atoms with Crippen molar-refractivity contribution in [3.8, 4) is 5.75 Å². The Hall–Kier alpha value is -2.75. The SMILES string of the molecule is COc1ccc(CNCCCC2(C3CCN(c4nc(Br)ccc4C(=O)Nc4ccnc(Cl)n4)CC3)CC2)cc1. The van der Waals surface area contributed by atoms with Crippen LogP contribution in [0.25, 0.3) is 0 Å². The topological polar surface area (TPSA) is 92.3 Å². The van der Waals surface area contributed by atoms with Crippen LogP contribution in [0.3, 0.4) is 0 Å². The molecular weight excluding hydrogens is 580 g/mol. The molecule has 2 aliphatic rings. The van der Waals surface area contributed by atoms with E-state index in [0.717, 1.165) is 50.7 Å². The maximum atomic E-state index is 13.1. The summed E-state index contributed by atoms with van der Waals surface area (Å²) in [5.74, 6) is 2.42. The zero-order chi connectivity index (χ0) is 27.2. The van der Waals surface area contributed by atoms with Crippen LogP contribution in [-0.2, 0) is 6.54 Å². The monoisotopic (exact) mass is 612 g/mol. The van der Waals surface area contributed by atoms with E-state index in [1.807, 2.05) is 12.1 Å². The van der Waals surface area contributed by atoms with Crippen LogP contribution in [-0.4, -0.2) is 47.6 Å². The summed E-state index contributed by atoms with van der Waals surface area (Å²) in [5.41, 5.74) is 2.29. The Bertz CT molecular complexity index is 1280. The molecule has 0 bridgehead atoms. The third kappa shape index (κ3) is 7.07. The number of benzene rings is 1. The average molecular weight is 614 g/mol. The molecule has 3 heterocycles. The first-order valence-electron chi connectivity index (χ1n) is 13.5. The molecule has 8 nitrogen and oxygen atoms in total. The number of rotatable bonds is 11. The molecule has 10 heteroatoms. The predicted molar refractivity (Wildman–Crippen MR) is 157 cm³/mol. The molecule has 2 aromatic heterocycles. The fourth-order valence-corrected chi connectivity index (χ4v) is 6.15. The predicted octanol–water partition coefficient (Wildman–Crippen LogP) is 6.12. The second-order valence-corrected chi connectivity index (χ2v) is 11.6. The lowest BCUT2D eigenvalue weighted by Crippen LogP contribution is -2.38. The molecule has 0 unspecified atom stereocenters. The van der Waals surface area contributed by atoms with Crippen molar-refractivity contribution in [1.82, 2.24) is 20.3 Å². The number of halogens is 2. The number of methoxy groups -OCH3 is 1. The Morgan fingerprint density at radius 2 is 1.90 bits per heavy atom. The van der Waals surface area contributed by atoms with Crippen molar-refractivity contribution in [2.75, 3.05) is 37.0 Å². The highest BCUT2D eigenvalue weighted by Crippen LogP contribution is 2.58. The Kier molecular flexibility index (Phi) is 8.99. The number of hydrogen-bond donors (Lipinski definition) is 2. The van der Waals surface area contributed by atoms with Gasteiger partial charge in [0.15, 0.2) is 0 Å². The molecular formula is C29H34BrClN6O2. The van der Waals surface area contributed by atoms with Crippen LogP contribution in [0.2, 0.25) is 5.28 Å². The second kappa shape index (κ2) is 12.6. The van der Waals surface area contributed by atoms with Gasteiger partial charge in [-0.15, -0.1) is 0 Å². The first kappa shape index (κ1) is 27.8. The minimum Gasteiger partial charge on any atom is -0.497 e. The van der Waals surface area contributed by atoms with Crippen LogP contribution in [0.4, 0.5) is 11.6 Å². The van der Waals surface area contributed by atoms with Gasteiger partial charge in [-0.2, -0.15) is 0 Å². The van der Waals surface area contributed by atoms with Gasteiger partial charge in [0.1, 0.15) is 22.0 Å². The van der Waals surface area contributed by atoms with Crippen molar-refractivity contribution in [3.05, 3.63) is 69.7 Å². The van der Waals surface area contributed by atoms with E-state index in [-0.39, 0.29) is 11.2 Å². The van der Waals surface area contributed by atoms with Gasteiger partial charge in [0.05, 0.1) is 12.7 Å². The molecule has 1 aliphatic carbocycles. The smallest absolute Gasteiger partial charge is 0.260 e. The van der Waals surface area contributed by atoms with E-state index in [4.69, 9.17) is 21.3 Å². The van der Waals surface area contributed by atoms with Gasteiger partial charge >= 0.3 is 0 Å². The minimum absolute atomic E-state index is 0.0889. The van der Waals surface area contributed by atoms with Gasteiger partial charge < -0.3 is 20.3 Å². The lowest BCUT2D eigenvalue weighted by atomic mass is 9.78. The highest BCUT2D eigenvalue weighted by Gasteiger charge is 2.48. The summed E-state index contributed by atoms with van der Waals surface area (Å²) < 4.78 is 5.95. The molecule has 1 amide bonds. The Balaban J connectivity index is 1.12. The molecule has 1 aliphatic heterocycles. The molecule has 2 fully saturated rings. The number of pyridine rings is 1. The Morgan fingerprint density at radius 1 is 1.13 bits per heavy atom. The maximum absolute atomic E-state index is 13.1. The molecule has 3 aromatic rings. The molecule has 0 atom stereocenters. The number of amides is 1. The summed E-state index contributed by atoms with van der Waals surface area (Å²) in [4.78, 5) is 28.0. The van der Waals surface area contributed by atoms with Gasteiger partial charge in [-0.05, 0) is 120 Å². The molecule has 0 radical (unpaired) electrons. The summed E-state index contributed by atoms with van der Waals surface area (Å²) in [7, 11) is 1.69. The summed E-state index contributed by atoms with van der Waals surface area (Å²) in [6.45, 7) is 3.70. The van der Waals surface area contributed by atoms with Gasteiger partial charge in [-0.1, -0.05) is 12.1 Å². The Labute approximate surface area is 243 Å². The molecule has 5 rings (SSSR count). The fraction of sp³-hybridized carbons (Fsp3) is 0.448. The molecule has 1 saturated carbocycles. The number of piperidine rings is 1. The van der Waals surface area contributed by atoms with Gasteiger partial charge in [0, 0.05) is 25.8 Å². The molecule has 206 valence electrons. The van der Waals surface area contributed by atoms with Crippen LogP contribution >= 0.6 is 27.5 Å². The first-order valence-corrected chi connectivity index (χ1v) is 14.7. The van der Waals surface area contributed by atoms with Gasteiger partial charge in [0.25, 0.3) is 5.91 Å². The number of carbonyl (C=O) groups is 1. The number of nitrogens with one attached hydrogen (secondary N) is 2. The number of aromatic nitrogens is 3. The van der Waals surface area contributed by atoms with Gasteiger partial charge in [-0.25, -0.2) is 15.0 Å². The largest absolute Gasteiger partial charge is 0.497 e. The van der Waals surface area contributed by atoms with Crippen LogP contribution < -0.4 is 20.3 Å². The normalized spacial score (nSPS) is 16.6. The maximum Gasteiger partial charge on any atom is 0.260 e. The van der Waals surface area contributed by atoms with E-state index in [0.29, 0.717) is 27.2 Å². The highest BCUT2D eigenvalue weighted by atomic mass is 79.9. The quantitative estimate of drug-likeness (QED) is 0.153. The van der Waals surface area contributed by atoms with E-state index < -0.39 is 0 Å². The molecule has 39 heavy (non-hydrogen) atoms. The minimum atomic E-state index is -0.261. The fourth-order valence-electron chi connectivity index (χ4n) is 5.70. The second-order valence-electron chi connectivity index (χ2n) is 10.4. The third-order valence-corrected chi connectivity index (χ3v) is 8.65. The summed E-state index contributed by atoms with van der Waals surface area (Å²) in [6.07, 6.45) is 8.90. The zero-order valence-electron chi connectivity index (χ0n) is 22.1. The number of carbonyl (C=O) groups excluding carboxylic acids is 1. The van der Waals surface area contributed by atoms with Crippen LogP contribution in [0.15, 0.2) is 53.3 Å².